The van der Waals surface area contributed by atoms with Gasteiger partial charge in [0, 0.05) is 5.41 Å². The number of halogens is 3. The molecule has 0 aromatic heterocycles. The number of ether oxygens (including phenoxy) is 1. The molecule has 0 aliphatic heterocycles. The molecule has 2 rings (SSSR count). The lowest BCUT2D eigenvalue weighted by molar-refractivity contribution is -0.209. The van der Waals surface area contributed by atoms with Crippen LogP contribution in [0.2, 0.25) is 0 Å². The van der Waals surface area contributed by atoms with E-state index in [-0.39, 0.29) is 10.8 Å². The third-order valence-electron chi connectivity index (χ3n) is 5.98. The number of fused-ring (bicyclic) bond motifs is 2. The maximum Gasteiger partial charge on any atom is 0.416 e. The van der Waals surface area contributed by atoms with Gasteiger partial charge in [-0.2, -0.15) is 13.2 Å². The molecule has 0 heterocycles. The maximum absolute atomic E-state index is 12.8. The minimum Gasteiger partial charge on any atom is -0.460 e. The molecule has 0 aromatic carbocycles. The molecule has 6 heteroatoms. The maximum atomic E-state index is 12.8. The van der Waals surface area contributed by atoms with Gasteiger partial charge in [0.15, 0.2) is 0 Å². The summed E-state index contributed by atoms with van der Waals surface area (Å²) in [5.41, 5.74) is 1.88. The fourth-order valence-corrected chi connectivity index (χ4v) is 3.68. The van der Waals surface area contributed by atoms with Crippen LogP contribution in [0.25, 0.3) is 0 Å². The zero-order valence-electron chi connectivity index (χ0n) is 12.3. The summed E-state index contributed by atoms with van der Waals surface area (Å²) in [4.78, 5) is 11.8. The quantitative estimate of drug-likeness (QED) is 0.796. The molecule has 2 N–H and O–H groups in total. The number of carbonyl (C=O) groups excluding carboxylic acids is 1. The molecular weight excluding hydrogens is 271 g/mol. The highest BCUT2D eigenvalue weighted by molar-refractivity contribution is 5.81. The van der Waals surface area contributed by atoms with Crippen LogP contribution in [-0.4, -0.2) is 23.8 Å². The molecule has 2 aliphatic carbocycles. The van der Waals surface area contributed by atoms with Crippen molar-refractivity contribution in [2.24, 2.45) is 22.5 Å². The Bertz CT molecular complexity index is 431. The van der Waals surface area contributed by atoms with Crippen LogP contribution < -0.4 is 5.73 Å². The second-order valence-corrected chi connectivity index (χ2v) is 7.20. The van der Waals surface area contributed by atoms with Gasteiger partial charge in [-0.3, -0.25) is 0 Å². The fourth-order valence-electron chi connectivity index (χ4n) is 3.68. The van der Waals surface area contributed by atoms with Crippen LogP contribution >= 0.6 is 0 Å². The standard InChI is InChI=1S/C14H22F3NO2/c1-11(2)8-5-6-12(11,3)9(7-8)20-10(19)13(4,18)14(15,16)17/h8-9H,5-7,18H2,1-4H3. The van der Waals surface area contributed by atoms with Crippen molar-refractivity contribution >= 4 is 5.97 Å². The highest BCUT2D eigenvalue weighted by Gasteiger charge is 2.64. The Morgan fingerprint density at radius 2 is 1.85 bits per heavy atom. The van der Waals surface area contributed by atoms with E-state index in [0.717, 1.165) is 12.8 Å². The van der Waals surface area contributed by atoms with Crippen LogP contribution in [0.5, 0.6) is 0 Å². The van der Waals surface area contributed by atoms with Crippen molar-refractivity contribution in [1.82, 2.24) is 0 Å². The minimum absolute atomic E-state index is 0.0266. The number of carbonyl (C=O) groups is 1. The van der Waals surface area contributed by atoms with Crippen molar-refractivity contribution in [3.05, 3.63) is 0 Å². The lowest BCUT2D eigenvalue weighted by atomic mass is 9.70. The third kappa shape index (κ3) is 1.87. The second-order valence-electron chi connectivity index (χ2n) is 7.20. The molecule has 20 heavy (non-hydrogen) atoms. The first-order chi connectivity index (χ1) is 8.84. The highest BCUT2D eigenvalue weighted by atomic mass is 19.4. The predicted octanol–water partition coefficient (Wildman–Crippen LogP) is 3.02. The molecule has 4 unspecified atom stereocenters. The van der Waals surface area contributed by atoms with Crippen LogP contribution in [0.3, 0.4) is 0 Å². The molecule has 0 amide bonds. The smallest absolute Gasteiger partial charge is 0.416 e. The van der Waals surface area contributed by atoms with Crippen molar-refractivity contribution in [2.75, 3.05) is 0 Å². The summed E-state index contributed by atoms with van der Waals surface area (Å²) in [6, 6.07) is 0. The van der Waals surface area contributed by atoms with Crippen molar-refractivity contribution in [2.45, 2.75) is 64.8 Å². The summed E-state index contributed by atoms with van der Waals surface area (Å²) in [6.45, 7) is 6.86. The van der Waals surface area contributed by atoms with Crippen LogP contribution in [0.1, 0.15) is 47.0 Å². The van der Waals surface area contributed by atoms with Gasteiger partial charge in [0.25, 0.3) is 0 Å². The monoisotopic (exact) mass is 293 g/mol. The Morgan fingerprint density at radius 3 is 2.20 bits per heavy atom. The van der Waals surface area contributed by atoms with Gasteiger partial charge >= 0.3 is 12.1 Å². The van der Waals surface area contributed by atoms with Gasteiger partial charge < -0.3 is 10.5 Å². The zero-order chi connectivity index (χ0) is 15.6. The summed E-state index contributed by atoms with van der Waals surface area (Å²) < 4.78 is 43.5. The van der Waals surface area contributed by atoms with Gasteiger partial charge in [0.2, 0.25) is 5.54 Å². The van der Waals surface area contributed by atoms with Crippen LogP contribution in [0.15, 0.2) is 0 Å². The summed E-state index contributed by atoms with van der Waals surface area (Å²) >= 11 is 0. The Morgan fingerprint density at radius 1 is 1.30 bits per heavy atom. The molecule has 2 aliphatic rings. The van der Waals surface area contributed by atoms with Gasteiger partial charge in [-0.15, -0.1) is 0 Å². The average molecular weight is 293 g/mol. The van der Waals surface area contributed by atoms with Crippen LogP contribution in [0, 0.1) is 16.7 Å². The molecule has 0 aromatic rings. The normalized spacial score (nSPS) is 38.6. The molecule has 0 spiro atoms. The van der Waals surface area contributed by atoms with E-state index < -0.39 is 23.8 Å². The molecule has 2 saturated carbocycles. The highest BCUT2D eigenvalue weighted by Crippen LogP contribution is 2.66. The van der Waals surface area contributed by atoms with Crippen molar-refractivity contribution in [3.8, 4) is 0 Å². The number of alkyl halides is 3. The van der Waals surface area contributed by atoms with E-state index in [1.807, 2.05) is 6.92 Å². The van der Waals surface area contributed by atoms with Crippen molar-refractivity contribution < 1.29 is 22.7 Å². The lowest BCUT2D eigenvalue weighted by Crippen LogP contribution is -2.59. The van der Waals surface area contributed by atoms with E-state index in [1.54, 1.807) is 0 Å². The van der Waals surface area contributed by atoms with E-state index >= 15 is 0 Å². The first kappa shape index (κ1) is 15.6. The molecule has 2 bridgehead atoms. The Hall–Kier alpha value is -0.780. The Kier molecular flexibility index (Phi) is 3.21. The number of nitrogens with two attached hydrogens (primary N) is 1. The largest absolute Gasteiger partial charge is 0.460 e. The topological polar surface area (TPSA) is 52.3 Å². The van der Waals surface area contributed by atoms with Crippen molar-refractivity contribution in [3.63, 3.8) is 0 Å². The van der Waals surface area contributed by atoms with Gasteiger partial charge in [-0.1, -0.05) is 20.8 Å². The van der Waals surface area contributed by atoms with E-state index in [9.17, 15) is 18.0 Å². The van der Waals surface area contributed by atoms with E-state index in [0.29, 0.717) is 19.3 Å². The van der Waals surface area contributed by atoms with Gasteiger partial charge in [-0.05, 0) is 37.5 Å². The Labute approximate surface area is 117 Å². The van der Waals surface area contributed by atoms with Gasteiger partial charge in [-0.25, -0.2) is 4.79 Å². The SMILES string of the molecule is CC(N)(C(=O)OC1CC2CCC1(C)C2(C)C)C(F)(F)F. The lowest BCUT2D eigenvalue weighted by Gasteiger charge is -2.39. The van der Waals surface area contributed by atoms with Crippen LogP contribution in [-0.2, 0) is 9.53 Å². The molecular formula is C14H22F3NO2. The number of hydrogen-bond donors (Lipinski definition) is 1. The second kappa shape index (κ2) is 4.12. The van der Waals surface area contributed by atoms with Crippen molar-refractivity contribution in [1.29, 1.82) is 0 Å². The number of hydrogen-bond acceptors (Lipinski definition) is 3. The summed E-state index contributed by atoms with van der Waals surface area (Å²) in [6.07, 6.45) is -2.75. The summed E-state index contributed by atoms with van der Waals surface area (Å²) in [7, 11) is 0. The van der Waals surface area contributed by atoms with Crippen LogP contribution in [0.4, 0.5) is 13.2 Å². The third-order valence-corrected chi connectivity index (χ3v) is 5.98. The fraction of sp³-hybridized carbons (Fsp3) is 0.929. The summed E-state index contributed by atoms with van der Waals surface area (Å²) in [5.74, 6) is -0.986. The first-order valence-electron chi connectivity index (χ1n) is 6.91. The number of rotatable bonds is 2. The minimum atomic E-state index is -4.81. The van der Waals surface area contributed by atoms with E-state index in [4.69, 9.17) is 10.5 Å². The predicted molar refractivity (Wildman–Crippen MR) is 67.8 cm³/mol. The molecule has 2 fully saturated rings. The van der Waals surface area contributed by atoms with Gasteiger partial charge in [0.05, 0.1) is 0 Å². The zero-order valence-corrected chi connectivity index (χ0v) is 12.3. The number of esters is 1. The Balaban J connectivity index is 2.16. The molecule has 116 valence electrons. The molecule has 0 radical (unpaired) electrons. The first-order valence-corrected chi connectivity index (χ1v) is 6.91. The molecule has 4 atom stereocenters. The average Bonchev–Trinajstić information content (AvgIpc) is 2.60. The van der Waals surface area contributed by atoms with E-state index in [1.165, 1.54) is 0 Å². The summed E-state index contributed by atoms with van der Waals surface area (Å²) in [5, 5.41) is 0. The molecule has 0 saturated heterocycles. The van der Waals surface area contributed by atoms with E-state index in [2.05, 4.69) is 13.8 Å². The van der Waals surface area contributed by atoms with Gasteiger partial charge in [0.1, 0.15) is 6.10 Å². The molecule has 3 nitrogen and oxygen atoms in total.